The molecule has 6 nitrogen and oxygen atoms in total. The number of hydrazone groups is 1. The van der Waals surface area contributed by atoms with Gasteiger partial charge in [-0.1, -0.05) is 42.5 Å². The molecule has 1 amide bonds. The van der Waals surface area contributed by atoms with E-state index in [1.807, 2.05) is 35.5 Å². The fourth-order valence-corrected chi connectivity index (χ4v) is 3.96. The summed E-state index contributed by atoms with van der Waals surface area (Å²) in [6.45, 7) is 0.755. The first-order valence-electron chi connectivity index (χ1n) is 10.5. The van der Waals surface area contributed by atoms with Gasteiger partial charge in [0.05, 0.1) is 20.4 Å². The summed E-state index contributed by atoms with van der Waals surface area (Å²) in [6, 6.07) is 19.5. The summed E-state index contributed by atoms with van der Waals surface area (Å²) in [5, 5.41) is 11.9. The molecule has 1 heterocycles. The van der Waals surface area contributed by atoms with Gasteiger partial charge in [0, 0.05) is 23.9 Å². The summed E-state index contributed by atoms with van der Waals surface area (Å²) >= 11 is 0. The van der Waals surface area contributed by atoms with Crippen molar-refractivity contribution in [3.63, 3.8) is 0 Å². The van der Waals surface area contributed by atoms with Crippen molar-refractivity contribution in [2.45, 2.75) is 25.3 Å². The summed E-state index contributed by atoms with van der Waals surface area (Å²) in [5.74, 6) is 1.14. The number of hydrogen-bond acceptors (Lipinski definition) is 5. The van der Waals surface area contributed by atoms with E-state index in [0.29, 0.717) is 17.2 Å². The summed E-state index contributed by atoms with van der Waals surface area (Å²) in [6.07, 6.45) is 4.66. The summed E-state index contributed by atoms with van der Waals surface area (Å²) in [4.78, 5) is 13.1. The van der Waals surface area contributed by atoms with Crippen LogP contribution >= 0.6 is 0 Å². The predicted molar refractivity (Wildman–Crippen MR) is 124 cm³/mol. The number of piperidine rings is 1. The summed E-state index contributed by atoms with van der Waals surface area (Å²) in [5.41, 5.74) is 1.72. The minimum Gasteiger partial charge on any atom is -0.493 e. The van der Waals surface area contributed by atoms with Crippen molar-refractivity contribution in [3.05, 3.63) is 66.2 Å². The van der Waals surface area contributed by atoms with Crippen molar-refractivity contribution in [1.29, 1.82) is 0 Å². The number of amides is 1. The zero-order valence-corrected chi connectivity index (χ0v) is 17.9. The standard InChI is InChI=1S/C25H27N3O3/c1-30-23-14-13-20(16-24(23)31-2)27-25(29)22-12-5-6-15-28(22)26-17-19-10-7-9-18-8-3-4-11-21(18)19/h3-4,7-11,13-14,16-17,22H,5-6,12,15H2,1-2H3,(H,27,29)/b26-17+. The minimum absolute atomic E-state index is 0.0676. The van der Waals surface area contributed by atoms with Crippen molar-refractivity contribution < 1.29 is 14.3 Å². The quantitative estimate of drug-likeness (QED) is 0.592. The molecule has 1 fully saturated rings. The Balaban J connectivity index is 1.52. The average Bonchev–Trinajstić information content (AvgIpc) is 2.82. The summed E-state index contributed by atoms with van der Waals surface area (Å²) < 4.78 is 10.6. The van der Waals surface area contributed by atoms with Crippen LogP contribution in [0.5, 0.6) is 11.5 Å². The lowest BCUT2D eigenvalue weighted by molar-refractivity contribution is -0.122. The molecule has 0 saturated carbocycles. The van der Waals surface area contributed by atoms with Gasteiger partial charge < -0.3 is 14.8 Å². The van der Waals surface area contributed by atoms with Gasteiger partial charge in [-0.2, -0.15) is 5.10 Å². The van der Waals surface area contributed by atoms with E-state index in [1.165, 1.54) is 5.39 Å². The van der Waals surface area contributed by atoms with Crippen LogP contribution in [0.1, 0.15) is 24.8 Å². The average molecular weight is 418 g/mol. The SMILES string of the molecule is COc1ccc(NC(=O)C2CCCCN2/N=C/c2cccc3ccccc23)cc1OC. The van der Waals surface area contributed by atoms with E-state index < -0.39 is 0 Å². The van der Waals surface area contributed by atoms with Crippen LogP contribution in [-0.2, 0) is 4.79 Å². The van der Waals surface area contributed by atoms with Crippen LogP contribution < -0.4 is 14.8 Å². The van der Waals surface area contributed by atoms with Gasteiger partial charge in [0.25, 0.3) is 0 Å². The Kier molecular flexibility index (Phi) is 6.36. The highest BCUT2D eigenvalue weighted by Gasteiger charge is 2.28. The van der Waals surface area contributed by atoms with Gasteiger partial charge in [0.1, 0.15) is 6.04 Å². The number of carbonyl (C=O) groups is 1. The fraction of sp³-hybridized carbons (Fsp3) is 0.280. The molecule has 1 atom stereocenters. The molecule has 4 rings (SSSR count). The van der Waals surface area contributed by atoms with E-state index in [9.17, 15) is 4.79 Å². The Labute approximate surface area is 182 Å². The van der Waals surface area contributed by atoms with Crippen LogP contribution in [0.4, 0.5) is 5.69 Å². The van der Waals surface area contributed by atoms with E-state index in [1.54, 1.807) is 26.4 Å². The predicted octanol–water partition coefficient (Wildman–Crippen LogP) is 4.68. The van der Waals surface area contributed by atoms with Gasteiger partial charge in [-0.05, 0) is 42.2 Å². The van der Waals surface area contributed by atoms with Gasteiger partial charge in [-0.3, -0.25) is 9.80 Å². The molecule has 6 heteroatoms. The lowest BCUT2D eigenvalue weighted by Gasteiger charge is -2.32. The van der Waals surface area contributed by atoms with E-state index in [0.717, 1.165) is 36.8 Å². The molecule has 0 aliphatic carbocycles. The topological polar surface area (TPSA) is 63.2 Å². The van der Waals surface area contributed by atoms with Gasteiger partial charge >= 0.3 is 0 Å². The number of anilines is 1. The molecular weight excluding hydrogens is 390 g/mol. The number of benzene rings is 3. The first-order chi connectivity index (χ1) is 15.2. The summed E-state index contributed by atoms with van der Waals surface area (Å²) in [7, 11) is 3.16. The largest absolute Gasteiger partial charge is 0.493 e. The maximum absolute atomic E-state index is 13.1. The van der Waals surface area contributed by atoms with Crippen LogP contribution in [0.3, 0.4) is 0 Å². The molecule has 1 aliphatic rings. The molecule has 160 valence electrons. The Morgan fingerprint density at radius 2 is 1.84 bits per heavy atom. The molecule has 1 aliphatic heterocycles. The second-order valence-corrected chi connectivity index (χ2v) is 7.55. The van der Waals surface area contributed by atoms with Crippen molar-refractivity contribution in [2.75, 3.05) is 26.1 Å². The number of carbonyl (C=O) groups excluding carboxylic acids is 1. The zero-order chi connectivity index (χ0) is 21.6. The third kappa shape index (κ3) is 4.63. The van der Waals surface area contributed by atoms with Crippen molar-refractivity contribution in [2.24, 2.45) is 5.10 Å². The molecule has 0 radical (unpaired) electrons. The number of nitrogens with one attached hydrogen (secondary N) is 1. The smallest absolute Gasteiger partial charge is 0.248 e. The number of rotatable bonds is 6. The van der Waals surface area contributed by atoms with Gasteiger partial charge in [-0.15, -0.1) is 0 Å². The van der Waals surface area contributed by atoms with Crippen LogP contribution in [0, 0.1) is 0 Å². The number of ether oxygens (including phenoxy) is 2. The monoisotopic (exact) mass is 417 g/mol. The number of nitrogens with zero attached hydrogens (tertiary/aromatic N) is 2. The van der Waals surface area contributed by atoms with E-state index in [2.05, 4.69) is 29.6 Å². The van der Waals surface area contributed by atoms with E-state index in [-0.39, 0.29) is 11.9 Å². The Morgan fingerprint density at radius 3 is 2.68 bits per heavy atom. The second-order valence-electron chi connectivity index (χ2n) is 7.55. The molecule has 1 unspecified atom stereocenters. The van der Waals surface area contributed by atoms with Gasteiger partial charge in [-0.25, -0.2) is 0 Å². The second kappa shape index (κ2) is 9.51. The molecule has 0 bridgehead atoms. The molecule has 31 heavy (non-hydrogen) atoms. The van der Waals surface area contributed by atoms with Gasteiger partial charge in [0.2, 0.25) is 5.91 Å². The highest BCUT2D eigenvalue weighted by molar-refractivity contribution is 6.00. The Morgan fingerprint density at radius 1 is 1.03 bits per heavy atom. The fourth-order valence-electron chi connectivity index (χ4n) is 3.96. The first-order valence-corrected chi connectivity index (χ1v) is 10.5. The molecule has 1 saturated heterocycles. The van der Waals surface area contributed by atoms with Crippen molar-refractivity contribution >= 4 is 28.6 Å². The maximum Gasteiger partial charge on any atom is 0.248 e. The van der Waals surface area contributed by atoms with Crippen LogP contribution in [0.25, 0.3) is 10.8 Å². The molecule has 0 aromatic heterocycles. The zero-order valence-electron chi connectivity index (χ0n) is 17.9. The normalized spacial score (nSPS) is 16.5. The molecular formula is C25H27N3O3. The molecule has 1 N–H and O–H groups in total. The third-order valence-corrected chi connectivity index (χ3v) is 5.60. The van der Waals surface area contributed by atoms with Gasteiger partial charge in [0.15, 0.2) is 11.5 Å². The van der Waals surface area contributed by atoms with Crippen LogP contribution in [-0.4, -0.2) is 43.9 Å². The molecule has 3 aromatic rings. The minimum atomic E-state index is -0.312. The Bertz CT molecular complexity index is 1090. The molecule has 0 spiro atoms. The number of fused-ring (bicyclic) bond motifs is 1. The van der Waals surface area contributed by atoms with Crippen LogP contribution in [0.15, 0.2) is 65.8 Å². The van der Waals surface area contributed by atoms with Crippen molar-refractivity contribution in [1.82, 2.24) is 5.01 Å². The number of methoxy groups -OCH3 is 2. The molecule has 3 aromatic carbocycles. The third-order valence-electron chi connectivity index (χ3n) is 5.60. The van der Waals surface area contributed by atoms with Crippen LogP contribution in [0.2, 0.25) is 0 Å². The Hall–Kier alpha value is -3.54. The lowest BCUT2D eigenvalue weighted by Crippen LogP contribution is -2.44. The van der Waals surface area contributed by atoms with E-state index >= 15 is 0 Å². The lowest BCUT2D eigenvalue weighted by atomic mass is 10.0. The highest BCUT2D eigenvalue weighted by Crippen LogP contribution is 2.30. The highest BCUT2D eigenvalue weighted by atomic mass is 16.5. The van der Waals surface area contributed by atoms with Crippen molar-refractivity contribution in [3.8, 4) is 11.5 Å². The number of hydrogen-bond donors (Lipinski definition) is 1. The van der Waals surface area contributed by atoms with E-state index in [4.69, 9.17) is 14.6 Å². The maximum atomic E-state index is 13.1. The first kappa shape index (κ1) is 20.7.